The Morgan fingerprint density at radius 3 is 1.95 bits per heavy atom. The van der Waals surface area contributed by atoms with Gasteiger partial charge in [0.2, 0.25) is 23.9 Å². The first-order chi connectivity index (χ1) is 31.4. The summed E-state index contributed by atoms with van der Waals surface area (Å²) in [5.41, 5.74) is 7.37. The minimum atomic E-state index is -0.755. The van der Waals surface area contributed by atoms with E-state index in [4.69, 9.17) is 19.4 Å². The number of amides is 4. The molecular formula is C49H55N9O7. The summed E-state index contributed by atoms with van der Waals surface area (Å²) in [6.45, 7) is 7.99. The molecule has 0 bridgehead atoms. The first-order valence-corrected chi connectivity index (χ1v) is 22.4. The number of carbonyl (C=O) groups excluding carboxylic acids is 4. The average molecular weight is 882 g/mol. The Labute approximate surface area is 376 Å². The highest BCUT2D eigenvalue weighted by atomic mass is 16.5. The number of rotatable bonds is 12. The molecule has 0 radical (unpaired) electrons. The van der Waals surface area contributed by atoms with Crippen molar-refractivity contribution in [3.8, 4) is 39.5 Å². The van der Waals surface area contributed by atoms with Gasteiger partial charge in [-0.25, -0.2) is 14.8 Å². The van der Waals surface area contributed by atoms with Crippen LogP contribution in [0.15, 0.2) is 85.2 Å². The predicted octanol–water partition coefficient (Wildman–Crippen LogP) is 6.87. The second kappa shape index (κ2) is 17.9. The van der Waals surface area contributed by atoms with Gasteiger partial charge in [0.05, 0.1) is 54.2 Å². The van der Waals surface area contributed by atoms with Gasteiger partial charge in [0.15, 0.2) is 0 Å². The van der Waals surface area contributed by atoms with Gasteiger partial charge in [-0.3, -0.25) is 14.4 Å². The largest absolute Gasteiger partial charge is 0.465 e. The van der Waals surface area contributed by atoms with Crippen molar-refractivity contribution in [2.45, 2.75) is 83.8 Å². The minimum Gasteiger partial charge on any atom is -0.465 e. The van der Waals surface area contributed by atoms with Gasteiger partial charge in [-0.2, -0.15) is 0 Å². The van der Waals surface area contributed by atoms with Crippen LogP contribution in [0.25, 0.3) is 44.7 Å². The lowest BCUT2D eigenvalue weighted by molar-refractivity contribution is -0.139. The Balaban J connectivity index is 1.00. The zero-order valence-electron chi connectivity index (χ0n) is 37.2. The number of ether oxygens (including phenoxy) is 2. The summed E-state index contributed by atoms with van der Waals surface area (Å²) in [5.74, 6) is 0.870. The number of benzene rings is 3. The van der Waals surface area contributed by atoms with Gasteiger partial charge in [0, 0.05) is 40.7 Å². The number of H-pyrrole nitrogens is 2. The van der Waals surface area contributed by atoms with Crippen LogP contribution < -0.4 is 15.4 Å². The van der Waals surface area contributed by atoms with Crippen LogP contribution >= 0.6 is 0 Å². The Hall–Kier alpha value is -6.94. The van der Waals surface area contributed by atoms with Crippen LogP contribution in [0.3, 0.4) is 0 Å². The fraction of sp³-hybridized carbons (Fsp3) is 0.388. The van der Waals surface area contributed by atoms with E-state index >= 15 is 0 Å². The maximum Gasteiger partial charge on any atom is 0.407 e. The van der Waals surface area contributed by atoms with Crippen LogP contribution in [0.4, 0.5) is 4.79 Å². The van der Waals surface area contributed by atoms with Gasteiger partial charge in [-0.05, 0) is 67.9 Å². The van der Waals surface area contributed by atoms with Crippen LogP contribution in [0, 0.1) is 11.8 Å². The van der Waals surface area contributed by atoms with Gasteiger partial charge in [0.25, 0.3) is 0 Å². The maximum atomic E-state index is 13.8. The van der Waals surface area contributed by atoms with Crippen LogP contribution in [0.1, 0.15) is 88.9 Å². The number of likely N-dealkylation sites (tertiary alicyclic amines) is 2. The van der Waals surface area contributed by atoms with Crippen LogP contribution in [-0.4, -0.2) is 102 Å². The van der Waals surface area contributed by atoms with Crippen LogP contribution in [0.5, 0.6) is 5.75 Å². The topological polar surface area (TPSA) is 200 Å². The standard InChI is InChI=1S/C49H55N9O7/c1-27(2)42(54-41(60)26-59)46(61)56-19-9-13-37(56)45-51-25-35(53-45)31-15-17-33-39-22-32-21-30(16-18-36(32)58(39)48(65-40(33)23-31)29-11-7-6-8-12-29)34-24-50-44(52-34)38-14-10-20-57(38)47(62)43(28(3)4)55-49(63)64-5/h6-8,11-12,15-18,21-25,27-28,37-38,42-43,48,59H,9-10,13-14,19-20,26H2,1-5H3,(H,50,52)(H,51,53)(H,54,60)(H,55,63)/t37?,38-,42-,43-,48-/m0/s1. The van der Waals surface area contributed by atoms with Crippen molar-refractivity contribution in [2.24, 2.45) is 11.8 Å². The van der Waals surface area contributed by atoms with Gasteiger partial charge in [-0.1, -0.05) is 70.2 Å². The molecule has 3 aliphatic heterocycles. The van der Waals surface area contributed by atoms with Crippen LogP contribution in [0.2, 0.25) is 0 Å². The number of aromatic nitrogens is 5. The van der Waals surface area contributed by atoms with Crippen molar-refractivity contribution in [3.63, 3.8) is 0 Å². The number of methoxy groups -OCH3 is 1. The zero-order chi connectivity index (χ0) is 45.5. The summed E-state index contributed by atoms with van der Waals surface area (Å²) in [6, 6.07) is 22.8. The van der Waals surface area contributed by atoms with Crippen molar-refractivity contribution in [1.29, 1.82) is 0 Å². The Morgan fingerprint density at radius 1 is 0.785 bits per heavy atom. The molecule has 3 aliphatic rings. The van der Waals surface area contributed by atoms with Gasteiger partial charge < -0.3 is 49.5 Å². The SMILES string of the molecule is COC(=O)N[C@H](C(=O)N1CCC[C@H]1c1ncc(-c2ccc3c(c2)cc2n3[C@H](c3ccccc3)Oc3cc(-c4cnc(C5CCCN5C(=O)[C@@H](NC(=O)CO)C(C)C)[nH]4)ccc3-2)[nH]1)C(C)C. The molecule has 5 atom stereocenters. The smallest absolute Gasteiger partial charge is 0.407 e. The predicted molar refractivity (Wildman–Crippen MR) is 243 cm³/mol. The number of nitrogens with one attached hydrogen (secondary N) is 4. The molecule has 0 saturated carbocycles. The second-order valence-electron chi connectivity index (χ2n) is 17.8. The summed E-state index contributed by atoms with van der Waals surface area (Å²) in [4.78, 5) is 71.8. The molecule has 6 heterocycles. The molecule has 16 heteroatoms. The fourth-order valence-electron chi connectivity index (χ4n) is 9.59. The third kappa shape index (κ3) is 8.22. The molecule has 5 N–H and O–H groups in total. The highest BCUT2D eigenvalue weighted by Crippen LogP contribution is 2.46. The summed E-state index contributed by atoms with van der Waals surface area (Å²) in [6.07, 6.45) is 5.62. The van der Waals surface area contributed by atoms with Crippen molar-refractivity contribution < 1.29 is 33.8 Å². The molecule has 338 valence electrons. The van der Waals surface area contributed by atoms with Crippen molar-refractivity contribution in [1.82, 2.24) is 44.9 Å². The van der Waals surface area contributed by atoms with Crippen molar-refractivity contribution in [2.75, 3.05) is 26.8 Å². The van der Waals surface area contributed by atoms with E-state index in [1.807, 2.05) is 69.1 Å². The first kappa shape index (κ1) is 43.3. The molecule has 3 aromatic heterocycles. The monoisotopic (exact) mass is 881 g/mol. The summed E-state index contributed by atoms with van der Waals surface area (Å²) in [7, 11) is 1.29. The molecular weight excluding hydrogens is 827 g/mol. The van der Waals surface area contributed by atoms with Gasteiger partial charge in [-0.15, -0.1) is 0 Å². The summed E-state index contributed by atoms with van der Waals surface area (Å²) < 4.78 is 14.0. The Morgan fingerprint density at radius 2 is 1.37 bits per heavy atom. The molecule has 1 unspecified atom stereocenters. The van der Waals surface area contributed by atoms with E-state index in [9.17, 15) is 24.3 Å². The second-order valence-corrected chi connectivity index (χ2v) is 17.8. The Kier molecular flexibility index (Phi) is 11.9. The van der Waals surface area contributed by atoms with E-state index in [1.165, 1.54) is 7.11 Å². The fourth-order valence-corrected chi connectivity index (χ4v) is 9.59. The lowest BCUT2D eigenvalue weighted by atomic mass is 10.0. The number of hydrogen-bond donors (Lipinski definition) is 5. The molecule has 65 heavy (non-hydrogen) atoms. The van der Waals surface area contributed by atoms with Gasteiger partial charge >= 0.3 is 6.09 Å². The molecule has 6 aromatic rings. The number of fused-ring (bicyclic) bond motifs is 5. The maximum absolute atomic E-state index is 13.8. The molecule has 16 nitrogen and oxygen atoms in total. The molecule has 4 amide bonds. The number of nitrogens with zero attached hydrogens (tertiary/aromatic N) is 5. The van der Waals surface area contributed by atoms with Gasteiger partial charge in [0.1, 0.15) is 36.1 Å². The Bertz CT molecular complexity index is 2740. The molecule has 2 fully saturated rings. The lowest BCUT2D eigenvalue weighted by Crippen LogP contribution is -2.51. The quantitative estimate of drug-likeness (QED) is 0.0871. The van der Waals surface area contributed by atoms with Crippen molar-refractivity contribution in [3.05, 3.63) is 102 Å². The number of aliphatic hydroxyl groups excluding tert-OH is 1. The average Bonchev–Trinajstić information content (AvgIpc) is 4.18. The summed E-state index contributed by atoms with van der Waals surface area (Å²) in [5, 5.41) is 15.8. The van der Waals surface area contributed by atoms with E-state index in [0.717, 1.165) is 81.7 Å². The van der Waals surface area contributed by atoms with E-state index in [-0.39, 0.29) is 35.7 Å². The number of aliphatic hydroxyl groups is 1. The highest BCUT2D eigenvalue weighted by molar-refractivity contribution is 5.93. The third-order valence-corrected chi connectivity index (χ3v) is 13.0. The lowest BCUT2D eigenvalue weighted by Gasteiger charge is -2.30. The highest BCUT2D eigenvalue weighted by Gasteiger charge is 2.39. The molecule has 3 aromatic carbocycles. The van der Waals surface area contributed by atoms with E-state index in [0.29, 0.717) is 24.7 Å². The third-order valence-electron chi connectivity index (χ3n) is 13.0. The number of hydrogen-bond acceptors (Lipinski definition) is 9. The molecule has 2 saturated heterocycles. The molecule has 0 aliphatic carbocycles. The van der Waals surface area contributed by atoms with Crippen molar-refractivity contribution >= 4 is 34.7 Å². The van der Waals surface area contributed by atoms with Crippen LogP contribution in [-0.2, 0) is 19.1 Å². The first-order valence-electron chi connectivity index (χ1n) is 22.4. The number of carbonyl (C=O) groups is 4. The van der Waals surface area contributed by atoms with E-state index < -0.39 is 36.9 Å². The van der Waals surface area contributed by atoms with E-state index in [1.54, 1.807) is 11.1 Å². The summed E-state index contributed by atoms with van der Waals surface area (Å²) >= 11 is 0. The molecule has 9 rings (SSSR count). The van der Waals surface area contributed by atoms with E-state index in [2.05, 4.69) is 67.6 Å². The number of aromatic amines is 2. The zero-order valence-corrected chi connectivity index (χ0v) is 37.2. The number of imidazole rings is 2. The minimum absolute atomic E-state index is 0.130. The number of alkyl carbamates (subject to hydrolysis) is 1. The normalized spacial score (nSPS) is 18.9. The molecule has 0 spiro atoms.